The van der Waals surface area contributed by atoms with Crippen molar-refractivity contribution < 1.29 is 17.7 Å². The molecule has 0 radical (unpaired) electrons. The van der Waals surface area contributed by atoms with Crippen LogP contribution in [0.15, 0.2) is 23.1 Å². The third kappa shape index (κ3) is 3.45. The van der Waals surface area contributed by atoms with E-state index in [4.69, 9.17) is 0 Å². The summed E-state index contributed by atoms with van der Waals surface area (Å²) in [6.07, 6.45) is 0. The summed E-state index contributed by atoms with van der Waals surface area (Å²) < 4.78 is 38.6. The SMILES string of the molecule is O=[N+]([O-])c1ccc(F)c(S(=O)(=O)NCCBr)c1. The largest absolute Gasteiger partial charge is 0.270 e. The smallest absolute Gasteiger partial charge is 0.258 e. The Hall–Kier alpha value is -1.06. The van der Waals surface area contributed by atoms with Gasteiger partial charge >= 0.3 is 0 Å². The second-order valence-corrected chi connectivity index (χ2v) is 5.49. The summed E-state index contributed by atoms with van der Waals surface area (Å²) in [6.45, 7) is 0.0600. The van der Waals surface area contributed by atoms with Gasteiger partial charge in [-0.2, -0.15) is 0 Å². The summed E-state index contributed by atoms with van der Waals surface area (Å²) in [5.41, 5.74) is -0.481. The molecule has 9 heteroatoms. The lowest BCUT2D eigenvalue weighted by molar-refractivity contribution is -0.385. The maximum atomic E-state index is 13.3. The van der Waals surface area contributed by atoms with E-state index < -0.39 is 31.3 Å². The molecule has 0 aliphatic carbocycles. The Morgan fingerprint density at radius 1 is 1.47 bits per heavy atom. The Kier molecular flexibility index (Phi) is 4.54. The fraction of sp³-hybridized carbons (Fsp3) is 0.250. The van der Waals surface area contributed by atoms with Crippen molar-refractivity contribution in [3.05, 3.63) is 34.1 Å². The van der Waals surface area contributed by atoms with Crippen LogP contribution in [0.3, 0.4) is 0 Å². The highest BCUT2D eigenvalue weighted by atomic mass is 79.9. The predicted molar refractivity (Wildman–Crippen MR) is 62.0 cm³/mol. The molecule has 0 saturated heterocycles. The second kappa shape index (κ2) is 5.52. The lowest BCUT2D eigenvalue weighted by atomic mass is 10.3. The molecule has 0 unspecified atom stereocenters. The molecule has 1 N–H and O–H groups in total. The first-order valence-electron chi connectivity index (χ1n) is 4.38. The number of nitrogens with one attached hydrogen (secondary N) is 1. The Labute approximate surface area is 105 Å². The van der Waals surface area contributed by atoms with Crippen molar-refractivity contribution in [1.82, 2.24) is 4.72 Å². The molecular weight excluding hydrogens is 319 g/mol. The van der Waals surface area contributed by atoms with Crippen molar-refractivity contribution in [2.75, 3.05) is 11.9 Å². The number of hydrogen-bond donors (Lipinski definition) is 1. The van der Waals surface area contributed by atoms with E-state index in [2.05, 4.69) is 20.7 Å². The van der Waals surface area contributed by atoms with Gasteiger partial charge in [0.25, 0.3) is 5.69 Å². The highest BCUT2D eigenvalue weighted by Crippen LogP contribution is 2.20. The van der Waals surface area contributed by atoms with Crippen LogP contribution in [0.25, 0.3) is 0 Å². The minimum Gasteiger partial charge on any atom is -0.258 e. The lowest BCUT2D eigenvalue weighted by Crippen LogP contribution is -2.26. The Morgan fingerprint density at radius 2 is 2.12 bits per heavy atom. The maximum Gasteiger partial charge on any atom is 0.270 e. The minimum atomic E-state index is -4.07. The molecule has 0 aromatic heterocycles. The predicted octanol–water partition coefficient (Wildman–Crippen LogP) is 1.41. The monoisotopic (exact) mass is 326 g/mol. The van der Waals surface area contributed by atoms with E-state index in [1.807, 2.05) is 0 Å². The van der Waals surface area contributed by atoms with Gasteiger partial charge in [0.2, 0.25) is 10.0 Å². The quantitative estimate of drug-likeness (QED) is 0.503. The highest BCUT2D eigenvalue weighted by Gasteiger charge is 2.21. The Balaban J connectivity index is 3.20. The van der Waals surface area contributed by atoms with Crippen LogP contribution in [0.4, 0.5) is 10.1 Å². The molecule has 0 amide bonds. The van der Waals surface area contributed by atoms with E-state index in [9.17, 15) is 22.9 Å². The number of nitro benzene ring substituents is 1. The van der Waals surface area contributed by atoms with Crippen LogP contribution >= 0.6 is 15.9 Å². The first kappa shape index (κ1) is 14.0. The van der Waals surface area contributed by atoms with Crippen molar-refractivity contribution in [3.8, 4) is 0 Å². The van der Waals surface area contributed by atoms with Crippen LogP contribution in [0.2, 0.25) is 0 Å². The van der Waals surface area contributed by atoms with Crippen LogP contribution in [0.5, 0.6) is 0 Å². The number of benzene rings is 1. The van der Waals surface area contributed by atoms with Crippen LogP contribution in [-0.4, -0.2) is 25.2 Å². The molecule has 6 nitrogen and oxygen atoms in total. The number of non-ortho nitro benzene ring substituents is 1. The number of sulfonamides is 1. The van der Waals surface area contributed by atoms with Gasteiger partial charge in [-0.1, -0.05) is 15.9 Å². The van der Waals surface area contributed by atoms with Gasteiger partial charge in [-0.3, -0.25) is 10.1 Å². The molecule has 94 valence electrons. The van der Waals surface area contributed by atoms with Gasteiger partial charge in [-0.25, -0.2) is 17.5 Å². The normalized spacial score (nSPS) is 11.4. The fourth-order valence-corrected chi connectivity index (χ4v) is 2.65. The molecule has 17 heavy (non-hydrogen) atoms. The van der Waals surface area contributed by atoms with Crippen molar-refractivity contribution in [2.45, 2.75) is 4.90 Å². The molecule has 1 aromatic carbocycles. The number of alkyl halides is 1. The van der Waals surface area contributed by atoms with Gasteiger partial charge < -0.3 is 0 Å². The molecule has 0 aliphatic rings. The van der Waals surface area contributed by atoms with Gasteiger partial charge in [-0.05, 0) is 6.07 Å². The average Bonchev–Trinajstić information content (AvgIpc) is 2.26. The molecule has 0 saturated carbocycles. The molecule has 0 heterocycles. The van der Waals surface area contributed by atoms with Crippen molar-refractivity contribution >= 4 is 31.6 Å². The van der Waals surface area contributed by atoms with Gasteiger partial charge in [0, 0.05) is 24.0 Å². The average molecular weight is 327 g/mol. The summed E-state index contributed by atoms with van der Waals surface area (Å²) >= 11 is 3.00. The van der Waals surface area contributed by atoms with E-state index in [1.54, 1.807) is 0 Å². The summed E-state index contributed by atoms with van der Waals surface area (Å²) in [5, 5.41) is 10.8. The maximum absolute atomic E-state index is 13.3. The van der Waals surface area contributed by atoms with Gasteiger partial charge in [-0.15, -0.1) is 0 Å². The standard InChI is InChI=1S/C8H8BrFN2O4S/c9-3-4-11-17(15,16)8-5-6(12(13)14)1-2-7(8)10/h1-2,5,11H,3-4H2. The second-order valence-electron chi connectivity index (χ2n) is 2.96. The third-order valence-corrected chi connectivity index (χ3v) is 3.67. The lowest BCUT2D eigenvalue weighted by Gasteiger charge is -2.05. The highest BCUT2D eigenvalue weighted by molar-refractivity contribution is 9.09. The van der Waals surface area contributed by atoms with Crippen molar-refractivity contribution in [2.24, 2.45) is 0 Å². The number of halogens is 2. The molecule has 0 atom stereocenters. The fourth-order valence-electron chi connectivity index (χ4n) is 1.06. The van der Waals surface area contributed by atoms with Crippen LogP contribution in [0, 0.1) is 15.9 Å². The van der Waals surface area contributed by atoms with Crippen molar-refractivity contribution in [3.63, 3.8) is 0 Å². The van der Waals surface area contributed by atoms with Crippen LogP contribution in [-0.2, 0) is 10.0 Å². The summed E-state index contributed by atoms with van der Waals surface area (Å²) in [5.74, 6) is -1.03. The van der Waals surface area contributed by atoms with Crippen LogP contribution in [0.1, 0.15) is 0 Å². The summed E-state index contributed by atoms with van der Waals surface area (Å²) in [7, 11) is -4.07. The molecule has 1 rings (SSSR count). The molecular formula is C8H8BrFN2O4S. The van der Waals surface area contributed by atoms with Gasteiger partial charge in [0.05, 0.1) is 4.92 Å². The van der Waals surface area contributed by atoms with E-state index in [-0.39, 0.29) is 6.54 Å². The first-order chi connectivity index (χ1) is 7.88. The van der Waals surface area contributed by atoms with Crippen LogP contribution < -0.4 is 4.72 Å². The molecule has 0 fully saturated rings. The number of rotatable bonds is 5. The van der Waals surface area contributed by atoms with E-state index in [1.165, 1.54) is 0 Å². The zero-order chi connectivity index (χ0) is 13.1. The number of nitro groups is 1. The van der Waals surface area contributed by atoms with E-state index in [0.717, 1.165) is 12.1 Å². The Bertz CT molecular complexity index is 534. The molecule has 1 aromatic rings. The zero-order valence-electron chi connectivity index (χ0n) is 8.39. The number of hydrogen-bond acceptors (Lipinski definition) is 4. The zero-order valence-corrected chi connectivity index (χ0v) is 10.8. The van der Waals surface area contributed by atoms with Crippen molar-refractivity contribution in [1.29, 1.82) is 0 Å². The molecule has 0 spiro atoms. The minimum absolute atomic E-state index is 0.0600. The summed E-state index contributed by atoms with van der Waals surface area (Å²) in [4.78, 5) is 8.95. The Morgan fingerprint density at radius 3 is 2.65 bits per heavy atom. The van der Waals surface area contributed by atoms with E-state index >= 15 is 0 Å². The first-order valence-corrected chi connectivity index (χ1v) is 6.98. The topological polar surface area (TPSA) is 89.3 Å². The van der Waals surface area contributed by atoms with Gasteiger partial charge in [0.15, 0.2) is 0 Å². The molecule has 0 aliphatic heterocycles. The van der Waals surface area contributed by atoms with E-state index in [0.29, 0.717) is 11.4 Å². The number of nitrogens with zero attached hydrogens (tertiary/aromatic N) is 1. The third-order valence-electron chi connectivity index (χ3n) is 1.80. The summed E-state index contributed by atoms with van der Waals surface area (Å²) in [6, 6.07) is 2.34. The molecule has 0 bridgehead atoms. The van der Waals surface area contributed by atoms with Gasteiger partial charge in [0.1, 0.15) is 10.7 Å².